The molecular weight excluding hydrogens is 208 g/mol. The normalized spacial score (nSPS) is 23.5. The molecule has 1 aliphatic heterocycles. The summed E-state index contributed by atoms with van der Waals surface area (Å²) in [7, 11) is 0. The van der Waals surface area contributed by atoms with Crippen LogP contribution in [0.2, 0.25) is 0 Å². The van der Waals surface area contributed by atoms with Crippen molar-refractivity contribution in [2.45, 2.75) is 51.2 Å². The van der Waals surface area contributed by atoms with E-state index in [1.165, 1.54) is 31.4 Å². The summed E-state index contributed by atoms with van der Waals surface area (Å²) in [6.07, 6.45) is 3.91. The van der Waals surface area contributed by atoms with Crippen LogP contribution >= 0.6 is 0 Å². The standard InChI is InChI=1S/C15H24N2/c1-12(11-15-9-6-10-16-15)17-13(2)14-7-4-3-5-8-14/h3-5,7-8,12-13,15-17H,6,9-11H2,1-2H3. The highest BCUT2D eigenvalue weighted by atomic mass is 15.0. The van der Waals surface area contributed by atoms with E-state index in [0.29, 0.717) is 12.1 Å². The zero-order valence-corrected chi connectivity index (χ0v) is 10.9. The van der Waals surface area contributed by atoms with E-state index in [9.17, 15) is 0 Å². The molecule has 17 heavy (non-hydrogen) atoms. The summed E-state index contributed by atoms with van der Waals surface area (Å²) in [5.74, 6) is 0. The highest BCUT2D eigenvalue weighted by Gasteiger charge is 2.18. The Balaban J connectivity index is 1.79. The highest BCUT2D eigenvalue weighted by molar-refractivity contribution is 5.18. The zero-order chi connectivity index (χ0) is 12.1. The first-order valence-corrected chi connectivity index (χ1v) is 6.80. The molecule has 0 radical (unpaired) electrons. The Morgan fingerprint density at radius 3 is 2.71 bits per heavy atom. The van der Waals surface area contributed by atoms with Crippen LogP contribution in [0.4, 0.5) is 0 Å². The predicted octanol–water partition coefficient (Wildman–Crippen LogP) is 2.87. The second kappa shape index (κ2) is 6.18. The maximum Gasteiger partial charge on any atom is 0.0294 e. The third-order valence-corrected chi connectivity index (χ3v) is 3.63. The Morgan fingerprint density at radius 2 is 2.06 bits per heavy atom. The lowest BCUT2D eigenvalue weighted by molar-refractivity contribution is 0.407. The van der Waals surface area contributed by atoms with Crippen molar-refractivity contribution >= 4 is 0 Å². The summed E-state index contributed by atoms with van der Waals surface area (Å²) in [6, 6.07) is 12.4. The molecule has 94 valence electrons. The quantitative estimate of drug-likeness (QED) is 0.815. The van der Waals surface area contributed by atoms with Gasteiger partial charge in [0, 0.05) is 18.1 Å². The van der Waals surface area contributed by atoms with Gasteiger partial charge in [0.15, 0.2) is 0 Å². The summed E-state index contributed by atoms with van der Waals surface area (Å²) >= 11 is 0. The molecule has 0 aliphatic carbocycles. The Morgan fingerprint density at radius 1 is 1.29 bits per heavy atom. The van der Waals surface area contributed by atoms with Gasteiger partial charge >= 0.3 is 0 Å². The average molecular weight is 232 g/mol. The van der Waals surface area contributed by atoms with Crippen LogP contribution < -0.4 is 10.6 Å². The van der Waals surface area contributed by atoms with E-state index in [0.717, 1.165) is 6.04 Å². The molecule has 3 unspecified atom stereocenters. The Kier molecular flexibility index (Phi) is 4.57. The summed E-state index contributed by atoms with van der Waals surface area (Å²) < 4.78 is 0. The molecule has 2 N–H and O–H groups in total. The first kappa shape index (κ1) is 12.6. The molecule has 0 amide bonds. The number of nitrogens with one attached hydrogen (secondary N) is 2. The first-order chi connectivity index (χ1) is 8.25. The molecule has 2 rings (SSSR count). The van der Waals surface area contributed by atoms with Crippen molar-refractivity contribution in [3.8, 4) is 0 Å². The fourth-order valence-electron chi connectivity index (χ4n) is 2.72. The SMILES string of the molecule is CC(CC1CCCN1)NC(C)c1ccccc1. The second-order valence-corrected chi connectivity index (χ2v) is 5.23. The fourth-order valence-corrected chi connectivity index (χ4v) is 2.72. The van der Waals surface area contributed by atoms with Crippen LogP contribution in [-0.2, 0) is 0 Å². The molecule has 2 nitrogen and oxygen atoms in total. The van der Waals surface area contributed by atoms with Crippen molar-refractivity contribution < 1.29 is 0 Å². The van der Waals surface area contributed by atoms with Crippen molar-refractivity contribution in [3.63, 3.8) is 0 Å². The van der Waals surface area contributed by atoms with Crippen LogP contribution in [0.1, 0.15) is 44.7 Å². The monoisotopic (exact) mass is 232 g/mol. The van der Waals surface area contributed by atoms with E-state index < -0.39 is 0 Å². The summed E-state index contributed by atoms with van der Waals surface area (Å²) in [4.78, 5) is 0. The molecule has 0 saturated carbocycles. The van der Waals surface area contributed by atoms with Crippen molar-refractivity contribution in [1.29, 1.82) is 0 Å². The van der Waals surface area contributed by atoms with Gasteiger partial charge in [-0.2, -0.15) is 0 Å². The van der Waals surface area contributed by atoms with Gasteiger partial charge in [-0.25, -0.2) is 0 Å². The van der Waals surface area contributed by atoms with E-state index in [-0.39, 0.29) is 0 Å². The molecule has 2 heteroatoms. The van der Waals surface area contributed by atoms with Crippen molar-refractivity contribution in [1.82, 2.24) is 10.6 Å². The molecule has 1 saturated heterocycles. The van der Waals surface area contributed by atoms with Gasteiger partial charge in [-0.15, -0.1) is 0 Å². The minimum absolute atomic E-state index is 0.438. The fraction of sp³-hybridized carbons (Fsp3) is 0.600. The van der Waals surface area contributed by atoms with Gasteiger partial charge in [0.2, 0.25) is 0 Å². The van der Waals surface area contributed by atoms with Crippen molar-refractivity contribution in [3.05, 3.63) is 35.9 Å². The third-order valence-electron chi connectivity index (χ3n) is 3.63. The molecule has 0 bridgehead atoms. The molecule has 1 aromatic carbocycles. The molecule has 3 atom stereocenters. The van der Waals surface area contributed by atoms with Gasteiger partial charge in [-0.05, 0) is 45.2 Å². The van der Waals surface area contributed by atoms with Gasteiger partial charge < -0.3 is 10.6 Å². The van der Waals surface area contributed by atoms with E-state index in [4.69, 9.17) is 0 Å². The first-order valence-electron chi connectivity index (χ1n) is 6.80. The number of benzene rings is 1. The summed E-state index contributed by atoms with van der Waals surface area (Å²) in [5.41, 5.74) is 1.37. The minimum atomic E-state index is 0.438. The van der Waals surface area contributed by atoms with E-state index in [1.54, 1.807) is 0 Å². The minimum Gasteiger partial charge on any atom is -0.314 e. The Labute approximate surface area is 105 Å². The van der Waals surface area contributed by atoms with Gasteiger partial charge in [-0.3, -0.25) is 0 Å². The lowest BCUT2D eigenvalue weighted by Crippen LogP contribution is -2.35. The van der Waals surface area contributed by atoms with Crippen LogP contribution in [0, 0.1) is 0 Å². The van der Waals surface area contributed by atoms with E-state index >= 15 is 0 Å². The van der Waals surface area contributed by atoms with E-state index in [2.05, 4.69) is 54.8 Å². The van der Waals surface area contributed by atoms with Gasteiger partial charge in [-0.1, -0.05) is 30.3 Å². The van der Waals surface area contributed by atoms with Crippen LogP contribution in [-0.4, -0.2) is 18.6 Å². The molecular formula is C15H24N2. The Bertz CT molecular complexity index is 317. The molecule has 0 spiro atoms. The maximum atomic E-state index is 3.68. The van der Waals surface area contributed by atoms with Gasteiger partial charge in [0.05, 0.1) is 0 Å². The topological polar surface area (TPSA) is 24.1 Å². The van der Waals surface area contributed by atoms with Crippen molar-refractivity contribution in [2.24, 2.45) is 0 Å². The van der Waals surface area contributed by atoms with Crippen LogP contribution in [0.15, 0.2) is 30.3 Å². The van der Waals surface area contributed by atoms with Crippen LogP contribution in [0.5, 0.6) is 0 Å². The number of rotatable bonds is 5. The summed E-state index contributed by atoms with van der Waals surface area (Å²) in [5, 5.41) is 7.24. The van der Waals surface area contributed by atoms with Gasteiger partial charge in [0.25, 0.3) is 0 Å². The zero-order valence-electron chi connectivity index (χ0n) is 10.9. The molecule has 1 heterocycles. The Hall–Kier alpha value is -0.860. The third kappa shape index (κ3) is 3.83. The van der Waals surface area contributed by atoms with Crippen molar-refractivity contribution in [2.75, 3.05) is 6.54 Å². The maximum absolute atomic E-state index is 3.68. The van der Waals surface area contributed by atoms with E-state index in [1.807, 2.05) is 0 Å². The molecule has 1 aliphatic rings. The number of hydrogen-bond donors (Lipinski definition) is 2. The predicted molar refractivity (Wildman–Crippen MR) is 73.1 cm³/mol. The molecule has 1 aromatic rings. The molecule has 1 fully saturated rings. The largest absolute Gasteiger partial charge is 0.314 e. The lowest BCUT2D eigenvalue weighted by atomic mass is 10.0. The lowest BCUT2D eigenvalue weighted by Gasteiger charge is -2.23. The van der Waals surface area contributed by atoms with Crippen LogP contribution in [0.25, 0.3) is 0 Å². The highest BCUT2D eigenvalue weighted by Crippen LogP contribution is 2.15. The average Bonchev–Trinajstić information content (AvgIpc) is 2.82. The van der Waals surface area contributed by atoms with Gasteiger partial charge in [0.1, 0.15) is 0 Å². The van der Waals surface area contributed by atoms with Crippen LogP contribution in [0.3, 0.4) is 0 Å². The number of hydrogen-bond acceptors (Lipinski definition) is 2. The second-order valence-electron chi connectivity index (χ2n) is 5.23. The summed E-state index contributed by atoms with van der Waals surface area (Å²) in [6.45, 7) is 5.74. The smallest absolute Gasteiger partial charge is 0.0294 e. The molecule has 0 aromatic heterocycles.